The Morgan fingerprint density at radius 1 is 0.293 bits per heavy atom. The van der Waals surface area contributed by atoms with Crippen LogP contribution in [0.1, 0.15) is 81.1 Å². The van der Waals surface area contributed by atoms with Crippen molar-refractivity contribution in [3.63, 3.8) is 0 Å². The molecule has 0 aromatic heterocycles. The maximum Gasteiger partial charge on any atom is 0.190 e. The highest BCUT2D eigenvalue weighted by Gasteiger charge is 2.59. The molecule has 0 spiro atoms. The highest BCUT2D eigenvalue weighted by atomic mass is 16.9. The third-order valence-corrected chi connectivity index (χ3v) is 11.8. The fourth-order valence-corrected chi connectivity index (χ4v) is 9.42. The Hall–Kier alpha value is -0.720. The summed E-state index contributed by atoms with van der Waals surface area (Å²) in [4.78, 5) is 0. The first-order valence-corrected chi connectivity index (χ1v) is 21.3. The molecule has 10 saturated heterocycles. The minimum Gasteiger partial charge on any atom is -0.376 e. The molecule has 0 bridgehead atoms. The summed E-state index contributed by atoms with van der Waals surface area (Å²) in [5, 5.41) is 0. The van der Waals surface area contributed by atoms with Gasteiger partial charge in [-0.05, 0) is 81.1 Å². The van der Waals surface area contributed by atoms with Gasteiger partial charge in [0.1, 0.15) is 73.2 Å². The molecule has 0 unspecified atom stereocenters. The molecule has 10 fully saturated rings. The molecule has 10 aliphatic heterocycles. The minimum atomic E-state index is -0.671. The van der Waals surface area contributed by atoms with E-state index in [0.717, 1.165) is 25.7 Å². The van der Waals surface area contributed by atoms with Crippen LogP contribution in [0.4, 0.5) is 0 Å². The van der Waals surface area contributed by atoms with Gasteiger partial charge in [-0.25, -0.2) is 0 Å². The van der Waals surface area contributed by atoms with E-state index in [4.69, 9.17) is 85.3 Å². The second kappa shape index (κ2) is 16.8. The first-order chi connectivity index (χ1) is 27.6. The van der Waals surface area contributed by atoms with Gasteiger partial charge in [-0.15, -0.1) is 0 Å². The zero-order valence-electron chi connectivity index (χ0n) is 35.1. The summed E-state index contributed by atoms with van der Waals surface area (Å²) in [5.74, 6) is -2.68. The lowest BCUT2D eigenvalue weighted by Crippen LogP contribution is -2.41. The molecule has 58 heavy (non-hydrogen) atoms. The molecule has 0 aromatic carbocycles. The van der Waals surface area contributed by atoms with Gasteiger partial charge >= 0.3 is 0 Å². The van der Waals surface area contributed by atoms with Crippen LogP contribution < -0.4 is 0 Å². The first-order valence-electron chi connectivity index (χ1n) is 21.3. The zero-order valence-corrected chi connectivity index (χ0v) is 35.1. The standard InChI is InChI=1S/2C20H32O9/c2*1-19(2)26-15-13-11(24-17(15)28-19)9-21-10-12-14(23-8-6-5-7-22-13)16-18(25-12)29-20(3,4)27-16/h2*11-18H,5-10H2,1-4H3/t2*11-,12-,13+,14+,15-,16-,17-,18-/m11/s1. The third-order valence-electron chi connectivity index (χ3n) is 11.8. The fraction of sp³-hybridized carbons (Fsp3) is 1.00. The van der Waals surface area contributed by atoms with Crippen molar-refractivity contribution in [2.24, 2.45) is 0 Å². The Bertz CT molecular complexity index is 1200. The van der Waals surface area contributed by atoms with Gasteiger partial charge < -0.3 is 85.3 Å². The van der Waals surface area contributed by atoms with E-state index >= 15 is 0 Å². The molecular formula is C40H64O18. The van der Waals surface area contributed by atoms with Crippen LogP contribution >= 0.6 is 0 Å². The third kappa shape index (κ3) is 9.17. The van der Waals surface area contributed by atoms with E-state index in [0.29, 0.717) is 52.9 Å². The van der Waals surface area contributed by atoms with Crippen LogP contribution in [0.3, 0.4) is 0 Å². The van der Waals surface area contributed by atoms with E-state index in [1.807, 2.05) is 55.4 Å². The molecule has 0 saturated carbocycles. The van der Waals surface area contributed by atoms with E-state index in [9.17, 15) is 0 Å². The van der Waals surface area contributed by atoms with Crippen LogP contribution in [0.2, 0.25) is 0 Å². The lowest BCUT2D eigenvalue weighted by atomic mass is 10.1. The number of hydrogen-bond acceptors (Lipinski definition) is 18. The summed E-state index contributed by atoms with van der Waals surface area (Å²) in [5.41, 5.74) is 0. The van der Waals surface area contributed by atoms with Gasteiger partial charge in [0.25, 0.3) is 0 Å². The molecule has 0 aliphatic carbocycles. The summed E-state index contributed by atoms with van der Waals surface area (Å²) in [6.45, 7) is 18.9. The fourth-order valence-electron chi connectivity index (χ4n) is 9.42. The average molecular weight is 833 g/mol. The molecule has 16 atom stereocenters. The Labute approximate surface area is 340 Å². The van der Waals surface area contributed by atoms with Crippen molar-refractivity contribution in [2.45, 2.75) is 203 Å². The quantitative estimate of drug-likeness (QED) is 0.349. The molecular weight excluding hydrogens is 768 g/mol. The summed E-state index contributed by atoms with van der Waals surface area (Å²) in [7, 11) is 0. The van der Waals surface area contributed by atoms with Crippen molar-refractivity contribution in [3.05, 3.63) is 0 Å². The molecule has 18 heteroatoms. The van der Waals surface area contributed by atoms with Gasteiger partial charge in [-0.2, -0.15) is 0 Å². The Balaban J connectivity index is 0.000000150. The van der Waals surface area contributed by atoms with Crippen molar-refractivity contribution in [3.8, 4) is 0 Å². The van der Waals surface area contributed by atoms with Gasteiger partial charge in [-0.1, -0.05) is 0 Å². The molecule has 332 valence electrons. The van der Waals surface area contributed by atoms with Gasteiger partial charge in [0.2, 0.25) is 0 Å². The maximum absolute atomic E-state index is 6.14. The zero-order chi connectivity index (χ0) is 40.5. The smallest absolute Gasteiger partial charge is 0.190 e. The summed E-state index contributed by atoms with van der Waals surface area (Å²) < 4.78 is 108. The minimum absolute atomic E-state index is 0.226. The van der Waals surface area contributed by atoms with Crippen LogP contribution in [0.25, 0.3) is 0 Å². The predicted molar refractivity (Wildman–Crippen MR) is 194 cm³/mol. The molecule has 0 aromatic rings. The number of fused-ring (bicyclic) bond motifs is 12. The van der Waals surface area contributed by atoms with Crippen LogP contribution in [-0.2, 0) is 85.3 Å². The normalized spacial score (nSPS) is 49.2. The largest absolute Gasteiger partial charge is 0.376 e. The summed E-state index contributed by atoms with van der Waals surface area (Å²) in [6, 6.07) is 0. The van der Waals surface area contributed by atoms with Gasteiger partial charge in [0, 0.05) is 26.4 Å². The molecule has 10 rings (SSSR count). The highest BCUT2D eigenvalue weighted by Crippen LogP contribution is 2.43. The lowest BCUT2D eigenvalue weighted by molar-refractivity contribution is -0.232. The van der Waals surface area contributed by atoms with E-state index in [1.54, 1.807) is 0 Å². The number of rotatable bonds is 0. The van der Waals surface area contributed by atoms with Gasteiger partial charge in [0.05, 0.1) is 26.4 Å². The molecule has 18 nitrogen and oxygen atoms in total. The van der Waals surface area contributed by atoms with Crippen molar-refractivity contribution >= 4 is 0 Å². The van der Waals surface area contributed by atoms with Crippen LogP contribution in [0, 0.1) is 0 Å². The molecule has 0 N–H and O–H groups in total. The van der Waals surface area contributed by atoms with E-state index in [-0.39, 0.29) is 73.2 Å². The molecule has 0 amide bonds. The van der Waals surface area contributed by atoms with Crippen molar-refractivity contribution < 1.29 is 85.3 Å². The Morgan fingerprint density at radius 2 is 0.517 bits per heavy atom. The van der Waals surface area contributed by atoms with Gasteiger partial charge in [-0.3, -0.25) is 0 Å². The van der Waals surface area contributed by atoms with E-state index < -0.39 is 48.3 Å². The molecule has 10 aliphatic rings. The lowest BCUT2D eigenvalue weighted by Gasteiger charge is -2.27. The van der Waals surface area contributed by atoms with E-state index in [1.165, 1.54) is 0 Å². The number of ether oxygens (including phenoxy) is 18. The van der Waals surface area contributed by atoms with E-state index in [2.05, 4.69) is 0 Å². The number of hydrogen-bond donors (Lipinski definition) is 0. The molecule has 0 radical (unpaired) electrons. The summed E-state index contributed by atoms with van der Waals surface area (Å²) in [6.07, 6.45) is -1.16. The van der Waals surface area contributed by atoms with Crippen LogP contribution in [0.5, 0.6) is 0 Å². The van der Waals surface area contributed by atoms with Crippen LogP contribution in [-0.4, -0.2) is 174 Å². The van der Waals surface area contributed by atoms with Gasteiger partial charge in [0.15, 0.2) is 48.3 Å². The monoisotopic (exact) mass is 832 g/mol. The summed E-state index contributed by atoms with van der Waals surface area (Å²) >= 11 is 0. The van der Waals surface area contributed by atoms with Crippen molar-refractivity contribution in [1.29, 1.82) is 0 Å². The predicted octanol–water partition coefficient (Wildman–Crippen LogP) is 2.64. The highest BCUT2D eigenvalue weighted by molar-refractivity contribution is 4.98. The topological polar surface area (TPSA) is 166 Å². The van der Waals surface area contributed by atoms with Crippen molar-refractivity contribution in [1.82, 2.24) is 0 Å². The first kappa shape index (κ1) is 42.6. The maximum atomic E-state index is 6.14. The second-order valence-corrected chi connectivity index (χ2v) is 18.4. The molecule has 10 heterocycles. The SMILES string of the molecule is CC1(C)O[C@H]2O[C@@H]3COC[C@H]4O[C@@H]5OC(C)(C)O[C@@H]5[C@H]4OCCCCO[C@@H]3[C@H]2O1.CC1(C)O[C@H]2O[C@@H]3COC[C@H]4O[C@@H]5OC(C)(C)O[C@@H]5[C@H]4OCCCCO[C@@H]3[C@H]2O1. The Morgan fingerprint density at radius 3 is 0.741 bits per heavy atom. The Kier molecular flexibility index (Phi) is 12.3. The average Bonchev–Trinajstić information content (AvgIpc) is 3.99. The van der Waals surface area contributed by atoms with Crippen molar-refractivity contribution in [2.75, 3.05) is 52.9 Å². The second-order valence-electron chi connectivity index (χ2n) is 18.4. The van der Waals surface area contributed by atoms with Crippen LogP contribution in [0.15, 0.2) is 0 Å².